The molecule has 0 spiro atoms. The lowest BCUT2D eigenvalue weighted by Gasteiger charge is -2.04. The summed E-state index contributed by atoms with van der Waals surface area (Å²) in [6.07, 6.45) is 2.03. The lowest BCUT2D eigenvalue weighted by molar-refractivity contribution is 0.242. The Balaban J connectivity index is 2.41. The molecule has 1 aromatic rings. The average molecular weight is 279 g/mol. The van der Waals surface area contributed by atoms with Gasteiger partial charge >= 0.3 is 0 Å². The van der Waals surface area contributed by atoms with Crippen molar-refractivity contribution in [1.82, 2.24) is 0 Å². The fourth-order valence-electron chi connectivity index (χ4n) is 2.82. The highest BCUT2D eigenvalue weighted by Crippen LogP contribution is 2.62. The minimum atomic E-state index is -3.36. The molecule has 2 rings (SSSR count). The van der Waals surface area contributed by atoms with Crippen molar-refractivity contribution in [3.63, 3.8) is 0 Å². The van der Waals surface area contributed by atoms with E-state index in [0.29, 0.717) is 0 Å². The smallest absolute Gasteiger partial charge is 0.152 e. The van der Waals surface area contributed by atoms with E-state index in [-0.39, 0.29) is 0 Å². The van der Waals surface area contributed by atoms with Crippen molar-refractivity contribution in [3.8, 4) is 6.07 Å². The Morgan fingerprint density at radius 1 is 1.37 bits per heavy atom. The predicted molar refractivity (Wildman–Crippen MR) is 72.3 cm³/mol. The summed E-state index contributed by atoms with van der Waals surface area (Å²) < 4.78 is 23.5. The minimum Gasteiger partial charge on any atom is -0.395 e. The van der Waals surface area contributed by atoms with Gasteiger partial charge in [0.05, 0.1) is 17.9 Å². The zero-order valence-corrected chi connectivity index (χ0v) is 11.8. The summed E-state index contributed by atoms with van der Waals surface area (Å²) in [7, 11) is -3.36. The second kappa shape index (κ2) is 4.62. The van der Waals surface area contributed by atoms with E-state index in [1.165, 1.54) is 0 Å². The summed E-state index contributed by atoms with van der Waals surface area (Å²) >= 11 is 0. The second-order valence-electron chi connectivity index (χ2n) is 5.13. The van der Waals surface area contributed by atoms with Crippen LogP contribution in [0.1, 0.15) is 24.0 Å². The van der Waals surface area contributed by atoms with Gasteiger partial charge < -0.3 is 5.11 Å². The Labute approximate surface area is 113 Å². The molecule has 1 N–H and O–H groups in total. The summed E-state index contributed by atoms with van der Waals surface area (Å²) in [4.78, 5) is 0. The highest BCUT2D eigenvalue weighted by Gasteiger charge is 2.70. The van der Waals surface area contributed by atoms with Crippen LogP contribution < -0.4 is 0 Å². The highest BCUT2D eigenvalue weighted by molar-refractivity contribution is 7.91. The van der Waals surface area contributed by atoms with Gasteiger partial charge in [-0.1, -0.05) is 31.2 Å². The molecule has 0 saturated heterocycles. The third-order valence-corrected chi connectivity index (χ3v) is 5.55. The summed E-state index contributed by atoms with van der Waals surface area (Å²) in [6, 6.07) is 9.60. The average Bonchev–Trinajstić information content (AvgIpc) is 3.09. The standard InChI is InChI=1S/C14H17NO3S/c1-3-10-4-6-11(7-5-10)12-13(19(2,17)18)14(12,8-15)9-16/h4-7,12-13,16H,3,9H2,1-2H3/t12-,13-,14-/m1/s1. The van der Waals surface area contributed by atoms with Crippen molar-refractivity contribution < 1.29 is 13.5 Å². The first-order valence-electron chi connectivity index (χ1n) is 6.20. The number of aliphatic hydroxyl groups excluding tert-OH is 1. The topological polar surface area (TPSA) is 78.2 Å². The number of nitriles is 1. The van der Waals surface area contributed by atoms with Crippen LogP contribution in [0.5, 0.6) is 0 Å². The van der Waals surface area contributed by atoms with E-state index in [1.807, 2.05) is 37.3 Å². The summed E-state index contributed by atoms with van der Waals surface area (Å²) in [5.41, 5.74) is 0.788. The van der Waals surface area contributed by atoms with Gasteiger partial charge in [-0.2, -0.15) is 5.26 Å². The van der Waals surface area contributed by atoms with Crippen LogP contribution in [0.25, 0.3) is 0 Å². The van der Waals surface area contributed by atoms with Crippen molar-refractivity contribution in [2.45, 2.75) is 24.5 Å². The van der Waals surface area contributed by atoms with Crippen LogP contribution in [0.4, 0.5) is 0 Å². The molecule has 1 saturated carbocycles. The predicted octanol–water partition coefficient (Wildman–Crippen LogP) is 1.26. The van der Waals surface area contributed by atoms with E-state index in [2.05, 4.69) is 0 Å². The van der Waals surface area contributed by atoms with Crippen molar-refractivity contribution >= 4 is 9.84 Å². The molecule has 1 aliphatic rings. The van der Waals surface area contributed by atoms with Crippen molar-refractivity contribution in [1.29, 1.82) is 5.26 Å². The van der Waals surface area contributed by atoms with Crippen LogP contribution in [0, 0.1) is 16.7 Å². The zero-order chi connectivity index (χ0) is 14.3. The summed E-state index contributed by atoms with van der Waals surface area (Å²) in [5, 5.41) is 17.9. The van der Waals surface area contributed by atoms with Gasteiger partial charge in [0.1, 0.15) is 5.41 Å². The van der Waals surface area contributed by atoms with E-state index in [4.69, 9.17) is 0 Å². The number of aryl methyl sites for hydroxylation is 1. The monoisotopic (exact) mass is 279 g/mol. The first kappa shape index (κ1) is 14.0. The first-order chi connectivity index (χ1) is 8.90. The SMILES string of the molecule is CCc1ccc([C@@H]2[C@@H](S(C)(=O)=O)[C@]2(C#N)CO)cc1. The Hall–Kier alpha value is -1.38. The van der Waals surface area contributed by atoms with E-state index in [0.717, 1.165) is 23.8 Å². The van der Waals surface area contributed by atoms with Crippen LogP contribution in [-0.2, 0) is 16.3 Å². The molecule has 0 amide bonds. The molecular formula is C14H17NO3S. The molecule has 0 radical (unpaired) electrons. The van der Waals surface area contributed by atoms with Crippen LogP contribution in [0.15, 0.2) is 24.3 Å². The lowest BCUT2D eigenvalue weighted by Crippen LogP contribution is -2.16. The number of sulfone groups is 1. The van der Waals surface area contributed by atoms with E-state index in [9.17, 15) is 18.8 Å². The number of aliphatic hydroxyl groups is 1. The molecule has 1 aliphatic carbocycles. The molecule has 0 unspecified atom stereocenters. The largest absolute Gasteiger partial charge is 0.395 e. The van der Waals surface area contributed by atoms with Crippen molar-refractivity contribution in [3.05, 3.63) is 35.4 Å². The minimum absolute atomic E-state index is 0.427. The lowest BCUT2D eigenvalue weighted by atomic mass is 10.00. The summed E-state index contributed by atoms with van der Waals surface area (Å²) in [6.45, 7) is 1.61. The Morgan fingerprint density at radius 2 is 1.95 bits per heavy atom. The molecule has 3 atom stereocenters. The maximum atomic E-state index is 11.8. The molecule has 0 bridgehead atoms. The molecule has 0 aliphatic heterocycles. The normalized spacial score (nSPS) is 29.8. The van der Waals surface area contributed by atoms with Gasteiger partial charge in [-0.25, -0.2) is 8.42 Å². The number of nitrogens with zero attached hydrogens (tertiary/aromatic N) is 1. The fourth-order valence-corrected chi connectivity index (χ4v) is 4.68. The van der Waals surface area contributed by atoms with Gasteiger partial charge in [0, 0.05) is 12.2 Å². The van der Waals surface area contributed by atoms with Gasteiger partial charge in [0.25, 0.3) is 0 Å². The quantitative estimate of drug-likeness (QED) is 0.900. The van der Waals surface area contributed by atoms with Gasteiger partial charge in [-0.15, -0.1) is 0 Å². The van der Waals surface area contributed by atoms with Gasteiger partial charge in [-0.3, -0.25) is 0 Å². The first-order valence-corrected chi connectivity index (χ1v) is 8.16. The third kappa shape index (κ3) is 2.15. The molecule has 0 aromatic heterocycles. The fraction of sp³-hybridized carbons (Fsp3) is 0.500. The molecular weight excluding hydrogens is 262 g/mol. The zero-order valence-electron chi connectivity index (χ0n) is 11.0. The van der Waals surface area contributed by atoms with E-state index >= 15 is 0 Å². The Bertz CT molecular complexity index is 615. The Kier molecular flexibility index (Phi) is 3.41. The molecule has 0 heterocycles. The molecule has 5 heteroatoms. The van der Waals surface area contributed by atoms with Gasteiger partial charge in [0.15, 0.2) is 9.84 Å². The van der Waals surface area contributed by atoms with Crippen molar-refractivity contribution in [2.24, 2.45) is 5.41 Å². The van der Waals surface area contributed by atoms with E-state index < -0.39 is 33.0 Å². The third-order valence-electron chi connectivity index (χ3n) is 3.93. The number of hydrogen-bond acceptors (Lipinski definition) is 4. The highest BCUT2D eigenvalue weighted by atomic mass is 32.2. The number of rotatable bonds is 4. The maximum absolute atomic E-state index is 11.8. The van der Waals surface area contributed by atoms with Gasteiger partial charge in [-0.05, 0) is 17.5 Å². The van der Waals surface area contributed by atoms with Crippen LogP contribution in [-0.4, -0.2) is 31.6 Å². The summed E-state index contributed by atoms with van der Waals surface area (Å²) in [5.74, 6) is -0.427. The number of benzene rings is 1. The molecule has 1 fully saturated rings. The second-order valence-corrected chi connectivity index (χ2v) is 7.30. The molecule has 19 heavy (non-hydrogen) atoms. The maximum Gasteiger partial charge on any atom is 0.152 e. The Morgan fingerprint density at radius 3 is 2.26 bits per heavy atom. The van der Waals surface area contributed by atoms with Crippen molar-refractivity contribution in [2.75, 3.05) is 12.9 Å². The van der Waals surface area contributed by atoms with Crippen LogP contribution in [0.3, 0.4) is 0 Å². The van der Waals surface area contributed by atoms with E-state index in [1.54, 1.807) is 0 Å². The molecule has 102 valence electrons. The van der Waals surface area contributed by atoms with Crippen LogP contribution >= 0.6 is 0 Å². The molecule has 1 aromatic carbocycles. The van der Waals surface area contributed by atoms with Gasteiger partial charge in [0.2, 0.25) is 0 Å². The molecule has 4 nitrogen and oxygen atoms in total. The van der Waals surface area contributed by atoms with Crippen LogP contribution in [0.2, 0.25) is 0 Å². The number of hydrogen-bond donors (Lipinski definition) is 1.